The number of aliphatic imine (C=N–C) groups is 1. The van der Waals surface area contributed by atoms with E-state index in [1.165, 1.54) is 21.6 Å². The van der Waals surface area contributed by atoms with Crippen LogP contribution in [0.15, 0.2) is 75.8 Å². The molecular weight excluding hydrogens is 442 g/mol. The van der Waals surface area contributed by atoms with Crippen LogP contribution in [0.1, 0.15) is 17.5 Å². The number of hydrogen-bond donors (Lipinski definition) is 1. The highest BCUT2D eigenvalue weighted by Crippen LogP contribution is 2.30. The number of amidine groups is 2. The fourth-order valence-electron chi connectivity index (χ4n) is 3.43. The number of carbonyl (C=O) groups excluding carboxylic acids is 1. The number of amides is 1. The summed E-state index contributed by atoms with van der Waals surface area (Å²) in [7, 11) is 0. The van der Waals surface area contributed by atoms with E-state index in [2.05, 4.69) is 10.1 Å². The fourth-order valence-corrected chi connectivity index (χ4v) is 5.14. The summed E-state index contributed by atoms with van der Waals surface area (Å²) in [6.45, 7) is 2.56. The lowest BCUT2D eigenvalue weighted by Crippen LogP contribution is -2.35. The van der Waals surface area contributed by atoms with E-state index in [4.69, 9.17) is 10.1 Å². The van der Waals surface area contributed by atoms with E-state index in [9.17, 15) is 4.79 Å². The second-order valence-electron chi connectivity index (χ2n) is 7.00. The van der Waals surface area contributed by atoms with Crippen molar-refractivity contribution in [1.29, 1.82) is 5.41 Å². The Labute approximate surface area is 193 Å². The molecule has 0 spiro atoms. The smallest absolute Gasteiger partial charge is 0.283 e. The number of nitrogens with one attached hydrogen (secondary N) is 1. The summed E-state index contributed by atoms with van der Waals surface area (Å²) in [4.78, 5) is 18.1. The van der Waals surface area contributed by atoms with Crippen LogP contribution in [0.25, 0.3) is 11.8 Å². The van der Waals surface area contributed by atoms with Crippen molar-refractivity contribution >= 4 is 51.1 Å². The van der Waals surface area contributed by atoms with Crippen LogP contribution >= 0.6 is 23.1 Å². The summed E-state index contributed by atoms with van der Waals surface area (Å²) in [5.41, 5.74) is 1.91. The Morgan fingerprint density at radius 1 is 1.16 bits per heavy atom. The van der Waals surface area contributed by atoms with Gasteiger partial charge in [-0.1, -0.05) is 6.07 Å². The van der Waals surface area contributed by atoms with Crippen molar-refractivity contribution in [3.8, 4) is 11.4 Å². The van der Waals surface area contributed by atoms with Crippen molar-refractivity contribution in [3.63, 3.8) is 0 Å². The molecule has 0 radical (unpaired) electrons. The van der Waals surface area contributed by atoms with Crippen molar-refractivity contribution in [2.45, 2.75) is 13.3 Å². The van der Waals surface area contributed by atoms with Gasteiger partial charge in [0, 0.05) is 28.9 Å². The first-order valence-corrected chi connectivity index (χ1v) is 11.7. The average molecular weight is 462 g/mol. The minimum Gasteiger partial charge on any atom is -0.494 e. The minimum atomic E-state index is -0.430. The molecule has 4 heterocycles. The van der Waals surface area contributed by atoms with Crippen LogP contribution in [-0.2, 0) is 11.2 Å². The van der Waals surface area contributed by atoms with Crippen molar-refractivity contribution in [1.82, 2.24) is 9.58 Å². The molecule has 0 saturated carbocycles. The van der Waals surface area contributed by atoms with E-state index < -0.39 is 5.91 Å². The number of thioether (sulfide) groups is 1. The number of nitrogens with zero attached hydrogens (tertiary/aromatic N) is 4. The van der Waals surface area contributed by atoms with Crippen LogP contribution in [0.2, 0.25) is 0 Å². The van der Waals surface area contributed by atoms with Crippen LogP contribution in [0.3, 0.4) is 0 Å². The van der Waals surface area contributed by atoms with Crippen molar-refractivity contribution in [2.24, 2.45) is 10.1 Å². The Morgan fingerprint density at radius 3 is 2.75 bits per heavy atom. The van der Waals surface area contributed by atoms with E-state index in [1.807, 2.05) is 71.6 Å². The highest BCUT2D eigenvalue weighted by atomic mass is 32.2. The number of benzene rings is 1. The van der Waals surface area contributed by atoms with Crippen LogP contribution in [0.5, 0.6) is 5.75 Å². The van der Waals surface area contributed by atoms with E-state index in [0.29, 0.717) is 18.2 Å². The average Bonchev–Trinajstić information content (AvgIpc) is 3.54. The van der Waals surface area contributed by atoms with Gasteiger partial charge in [0.05, 0.1) is 12.2 Å². The number of aromatic nitrogens is 1. The molecule has 1 aromatic carbocycles. The molecule has 0 aliphatic carbocycles. The fraction of sp³-hybridized carbons (Fsp3) is 0.130. The molecule has 160 valence electrons. The van der Waals surface area contributed by atoms with Gasteiger partial charge in [0.25, 0.3) is 5.91 Å². The van der Waals surface area contributed by atoms with Crippen molar-refractivity contribution in [2.75, 3.05) is 6.61 Å². The SMILES string of the molecule is CCOc1ccc(-n2cccc2/C=C2\C(=N)N3N=C(Cc4cccs4)SC3=NC2=O)cc1. The Hall–Kier alpha value is -3.43. The zero-order valence-electron chi connectivity index (χ0n) is 17.2. The van der Waals surface area contributed by atoms with E-state index >= 15 is 0 Å². The largest absolute Gasteiger partial charge is 0.494 e. The molecule has 2 aromatic heterocycles. The summed E-state index contributed by atoms with van der Waals surface area (Å²) < 4.78 is 7.46. The maximum atomic E-state index is 12.8. The Kier molecular flexibility index (Phi) is 5.50. The summed E-state index contributed by atoms with van der Waals surface area (Å²) in [6.07, 6.45) is 4.27. The molecule has 7 nitrogen and oxygen atoms in total. The summed E-state index contributed by atoms with van der Waals surface area (Å²) >= 11 is 3.00. The molecule has 0 bridgehead atoms. The number of thiophene rings is 1. The van der Waals surface area contributed by atoms with Crippen LogP contribution < -0.4 is 4.74 Å². The first-order valence-electron chi connectivity index (χ1n) is 10.0. The van der Waals surface area contributed by atoms with Gasteiger partial charge in [-0.05, 0) is 72.6 Å². The molecule has 2 aliphatic rings. The number of hydrazone groups is 1. The highest BCUT2D eigenvalue weighted by molar-refractivity contribution is 8.27. The summed E-state index contributed by atoms with van der Waals surface area (Å²) in [5, 5.41) is 17.9. The first kappa shape index (κ1) is 20.5. The predicted molar refractivity (Wildman–Crippen MR) is 130 cm³/mol. The topological polar surface area (TPSA) is 83.0 Å². The normalized spacial score (nSPS) is 16.9. The molecule has 3 aromatic rings. The monoisotopic (exact) mass is 461 g/mol. The lowest BCUT2D eigenvalue weighted by Gasteiger charge is -2.20. The third kappa shape index (κ3) is 3.92. The molecule has 1 amide bonds. The molecule has 0 atom stereocenters. The van der Waals surface area contributed by atoms with Gasteiger partial charge in [0.15, 0.2) is 5.84 Å². The Morgan fingerprint density at radius 2 is 2.00 bits per heavy atom. The van der Waals surface area contributed by atoms with Crippen LogP contribution in [0, 0.1) is 5.41 Å². The van der Waals surface area contributed by atoms with Gasteiger partial charge in [0.1, 0.15) is 10.8 Å². The molecule has 1 N–H and O–H groups in total. The van der Waals surface area contributed by atoms with E-state index in [0.717, 1.165) is 22.2 Å². The van der Waals surface area contributed by atoms with Gasteiger partial charge in [-0.25, -0.2) is 0 Å². The lowest BCUT2D eigenvalue weighted by molar-refractivity contribution is -0.114. The quantitative estimate of drug-likeness (QED) is 0.535. The summed E-state index contributed by atoms with van der Waals surface area (Å²) in [5.74, 6) is 0.408. The predicted octanol–water partition coefficient (Wildman–Crippen LogP) is 4.80. The maximum absolute atomic E-state index is 12.8. The minimum absolute atomic E-state index is 0.0353. The number of fused-ring (bicyclic) bond motifs is 1. The van der Waals surface area contributed by atoms with Gasteiger partial charge in [0.2, 0.25) is 5.17 Å². The van der Waals surface area contributed by atoms with E-state index in [1.54, 1.807) is 17.4 Å². The molecule has 0 saturated heterocycles. The van der Waals surface area contributed by atoms with Crippen molar-refractivity contribution < 1.29 is 9.53 Å². The molecular formula is C23H19N5O2S2. The third-order valence-corrected chi connectivity index (χ3v) is 6.69. The van der Waals surface area contributed by atoms with Crippen LogP contribution in [-0.4, -0.2) is 38.1 Å². The third-order valence-electron chi connectivity index (χ3n) is 4.90. The van der Waals surface area contributed by atoms with Gasteiger partial charge in [-0.2, -0.15) is 15.1 Å². The molecule has 9 heteroatoms. The van der Waals surface area contributed by atoms with Crippen molar-refractivity contribution in [3.05, 3.63) is 76.3 Å². The zero-order valence-corrected chi connectivity index (χ0v) is 18.8. The lowest BCUT2D eigenvalue weighted by atomic mass is 10.1. The Balaban J connectivity index is 1.42. The second kappa shape index (κ2) is 8.60. The molecule has 0 fully saturated rings. The van der Waals surface area contributed by atoms with Gasteiger partial charge < -0.3 is 9.30 Å². The standard InChI is InChI=1S/C23H19N5O2S2/c1-2-30-17-9-7-15(8-10-17)27-11-3-5-16(27)13-19-21(24)28-23(25-22(19)29)32-20(26-28)14-18-6-4-12-31-18/h3-13,24H,2,14H2,1H3/b19-13+,24-21?. The first-order chi connectivity index (χ1) is 15.6. The molecule has 5 rings (SSSR count). The molecule has 2 aliphatic heterocycles. The number of hydrogen-bond acceptors (Lipinski definition) is 6. The highest BCUT2D eigenvalue weighted by Gasteiger charge is 2.35. The van der Waals surface area contributed by atoms with Gasteiger partial charge in [-0.15, -0.1) is 11.3 Å². The van der Waals surface area contributed by atoms with Gasteiger partial charge >= 0.3 is 0 Å². The molecule has 32 heavy (non-hydrogen) atoms. The maximum Gasteiger partial charge on any atom is 0.283 e. The number of ether oxygens (including phenoxy) is 1. The number of rotatable bonds is 6. The Bertz CT molecular complexity index is 1270. The zero-order chi connectivity index (χ0) is 22.1. The van der Waals surface area contributed by atoms with Gasteiger partial charge in [-0.3, -0.25) is 10.2 Å². The number of carbonyl (C=O) groups is 1. The molecule has 0 unspecified atom stereocenters. The van der Waals surface area contributed by atoms with E-state index in [-0.39, 0.29) is 11.4 Å². The second-order valence-corrected chi connectivity index (χ2v) is 9.07. The summed E-state index contributed by atoms with van der Waals surface area (Å²) in [6, 6.07) is 15.6. The van der Waals surface area contributed by atoms with Crippen LogP contribution in [0.4, 0.5) is 0 Å².